The third kappa shape index (κ3) is 5.03. The number of amides is 1. The van der Waals surface area contributed by atoms with Crippen molar-refractivity contribution in [3.8, 4) is 0 Å². The molecule has 4 heteroatoms. The third-order valence-electron chi connectivity index (χ3n) is 3.56. The summed E-state index contributed by atoms with van der Waals surface area (Å²) in [5, 5.41) is 11.7. The van der Waals surface area contributed by atoms with Gasteiger partial charge in [-0.2, -0.15) is 0 Å². The lowest BCUT2D eigenvalue weighted by Crippen LogP contribution is -2.45. The van der Waals surface area contributed by atoms with Crippen LogP contribution in [0.25, 0.3) is 0 Å². The summed E-state index contributed by atoms with van der Waals surface area (Å²) in [5.74, 6) is -1.25. The van der Waals surface area contributed by atoms with Crippen LogP contribution >= 0.6 is 0 Å². The lowest BCUT2D eigenvalue weighted by molar-refractivity contribution is -0.143. The number of rotatable bonds is 7. The maximum Gasteiger partial charge on any atom is 0.326 e. The summed E-state index contributed by atoms with van der Waals surface area (Å²) >= 11 is 0. The number of hydrogen-bond donors (Lipinski definition) is 2. The van der Waals surface area contributed by atoms with Gasteiger partial charge in [0.1, 0.15) is 6.04 Å². The van der Waals surface area contributed by atoms with Crippen LogP contribution in [0.15, 0.2) is 24.3 Å². The van der Waals surface area contributed by atoms with E-state index in [1.807, 2.05) is 45.0 Å². The normalized spacial score (nSPS) is 13.6. The average Bonchev–Trinajstić information content (AvgIpc) is 2.43. The quantitative estimate of drug-likeness (QED) is 0.805. The minimum Gasteiger partial charge on any atom is -0.480 e. The largest absolute Gasteiger partial charge is 0.480 e. The Bertz CT molecular complexity index is 453. The second-order valence-electron chi connectivity index (χ2n) is 5.25. The van der Waals surface area contributed by atoms with Crippen LogP contribution in [0.1, 0.15) is 37.8 Å². The number of carbonyl (C=O) groups excluding carboxylic acids is 1. The smallest absolute Gasteiger partial charge is 0.326 e. The van der Waals surface area contributed by atoms with Crippen molar-refractivity contribution < 1.29 is 14.7 Å². The fourth-order valence-corrected chi connectivity index (χ4v) is 1.94. The lowest BCUT2D eigenvalue weighted by atomic mass is 9.99. The molecule has 1 aromatic rings. The SMILES string of the molecule is CCC(C)C(NC(=O)CCc1ccc(C)cc1)C(=O)O. The van der Waals surface area contributed by atoms with Gasteiger partial charge in [-0.15, -0.1) is 0 Å². The molecule has 20 heavy (non-hydrogen) atoms. The van der Waals surface area contributed by atoms with Crippen LogP contribution in [-0.4, -0.2) is 23.0 Å². The molecule has 0 saturated carbocycles. The van der Waals surface area contributed by atoms with Crippen LogP contribution in [0.5, 0.6) is 0 Å². The van der Waals surface area contributed by atoms with Gasteiger partial charge >= 0.3 is 5.97 Å². The molecule has 0 aliphatic heterocycles. The highest BCUT2D eigenvalue weighted by Crippen LogP contribution is 2.09. The summed E-state index contributed by atoms with van der Waals surface area (Å²) < 4.78 is 0. The zero-order valence-electron chi connectivity index (χ0n) is 12.3. The Labute approximate surface area is 120 Å². The number of hydrogen-bond acceptors (Lipinski definition) is 2. The van der Waals surface area contributed by atoms with Crippen molar-refractivity contribution in [3.63, 3.8) is 0 Å². The number of carbonyl (C=O) groups is 2. The van der Waals surface area contributed by atoms with Gasteiger partial charge in [0.25, 0.3) is 0 Å². The number of carboxylic acids is 1. The van der Waals surface area contributed by atoms with Crippen LogP contribution in [0.3, 0.4) is 0 Å². The van der Waals surface area contributed by atoms with Crippen LogP contribution in [0, 0.1) is 12.8 Å². The van der Waals surface area contributed by atoms with Crippen LogP contribution in [0.2, 0.25) is 0 Å². The van der Waals surface area contributed by atoms with Crippen molar-refractivity contribution in [3.05, 3.63) is 35.4 Å². The van der Waals surface area contributed by atoms with Gasteiger partial charge < -0.3 is 10.4 Å². The molecule has 110 valence electrons. The van der Waals surface area contributed by atoms with Crippen molar-refractivity contribution in [1.29, 1.82) is 0 Å². The number of aryl methyl sites for hydroxylation is 2. The van der Waals surface area contributed by atoms with Crippen LogP contribution < -0.4 is 5.32 Å². The van der Waals surface area contributed by atoms with E-state index in [1.54, 1.807) is 0 Å². The monoisotopic (exact) mass is 277 g/mol. The fraction of sp³-hybridized carbons (Fsp3) is 0.500. The maximum absolute atomic E-state index is 11.8. The minimum atomic E-state index is -0.969. The molecule has 0 aromatic heterocycles. The molecule has 2 N–H and O–H groups in total. The van der Waals surface area contributed by atoms with E-state index in [0.29, 0.717) is 12.8 Å². The van der Waals surface area contributed by atoms with Crippen molar-refractivity contribution in [1.82, 2.24) is 5.32 Å². The van der Waals surface area contributed by atoms with Crippen molar-refractivity contribution >= 4 is 11.9 Å². The molecule has 0 bridgehead atoms. The predicted octanol–water partition coefficient (Wildman–Crippen LogP) is 2.54. The van der Waals surface area contributed by atoms with Crippen LogP contribution in [0.4, 0.5) is 0 Å². The van der Waals surface area contributed by atoms with E-state index in [9.17, 15) is 9.59 Å². The molecule has 1 amide bonds. The molecule has 1 aromatic carbocycles. The molecule has 4 nitrogen and oxygen atoms in total. The number of aliphatic carboxylic acids is 1. The van der Waals surface area contributed by atoms with E-state index >= 15 is 0 Å². The molecule has 2 unspecified atom stereocenters. The molecule has 0 aliphatic carbocycles. The first-order valence-corrected chi connectivity index (χ1v) is 7.01. The molecule has 0 aliphatic rings. The van der Waals surface area contributed by atoms with Crippen molar-refractivity contribution in [2.24, 2.45) is 5.92 Å². The molecule has 2 atom stereocenters. The molecule has 1 rings (SSSR count). The minimum absolute atomic E-state index is 0.0733. The first-order chi connectivity index (χ1) is 9.43. The highest BCUT2D eigenvalue weighted by Gasteiger charge is 2.24. The summed E-state index contributed by atoms with van der Waals surface area (Å²) in [6, 6.07) is 7.20. The van der Waals surface area contributed by atoms with Gasteiger partial charge in [0.2, 0.25) is 5.91 Å². The summed E-state index contributed by atoms with van der Waals surface area (Å²) in [7, 11) is 0. The molecule has 0 saturated heterocycles. The van der Waals surface area contributed by atoms with Gasteiger partial charge in [-0.3, -0.25) is 4.79 Å². The van der Waals surface area contributed by atoms with E-state index in [0.717, 1.165) is 12.0 Å². The zero-order valence-corrected chi connectivity index (χ0v) is 12.3. The average molecular weight is 277 g/mol. The number of benzene rings is 1. The summed E-state index contributed by atoms with van der Waals surface area (Å²) in [6.07, 6.45) is 1.65. The van der Waals surface area contributed by atoms with Gasteiger partial charge in [-0.1, -0.05) is 50.1 Å². The van der Waals surface area contributed by atoms with Gasteiger partial charge in [0, 0.05) is 6.42 Å². The maximum atomic E-state index is 11.8. The van der Waals surface area contributed by atoms with Gasteiger partial charge in [-0.25, -0.2) is 4.79 Å². The molecule has 0 radical (unpaired) electrons. The number of carboxylic acid groups (broad SMARTS) is 1. The van der Waals surface area contributed by atoms with E-state index in [4.69, 9.17) is 5.11 Å². The highest BCUT2D eigenvalue weighted by molar-refractivity contribution is 5.83. The summed E-state index contributed by atoms with van der Waals surface area (Å²) in [4.78, 5) is 23.0. The first kappa shape index (κ1) is 16.2. The molecule has 0 heterocycles. The molecular formula is C16H23NO3. The Morgan fingerprint density at radius 1 is 1.25 bits per heavy atom. The van der Waals surface area contributed by atoms with E-state index in [-0.39, 0.29) is 11.8 Å². The Morgan fingerprint density at radius 2 is 1.85 bits per heavy atom. The van der Waals surface area contributed by atoms with Gasteiger partial charge in [0.15, 0.2) is 0 Å². The van der Waals surface area contributed by atoms with E-state index in [2.05, 4.69) is 5.32 Å². The van der Waals surface area contributed by atoms with Gasteiger partial charge in [0.05, 0.1) is 0 Å². The summed E-state index contributed by atoms with van der Waals surface area (Å²) in [6.45, 7) is 5.76. The first-order valence-electron chi connectivity index (χ1n) is 7.01. The van der Waals surface area contributed by atoms with Gasteiger partial charge in [-0.05, 0) is 24.8 Å². The fourth-order valence-electron chi connectivity index (χ4n) is 1.94. The Hall–Kier alpha value is -1.84. The Balaban J connectivity index is 2.49. The summed E-state index contributed by atoms with van der Waals surface area (Å²) in [5.41, 5.74) is 2.27. The third-order valence-corrected chi connectivity index (χ3v) is 3.56. The van der Waals surface area contributed by atoms with Crippen molar-refractivity contribution in [2.75, 3.05) is 0 Å². The Kier molecular flexibility index (Phi) is 6.22. The lowest BCUT2D eigenvalue weighted by Gasteiger charge is -2.20. The van der Waals surface area contributed by atoms with Crippen molar-refractivity contribution in [2.45, 2.75) is 46.1 Å². The second kappa shape index (κ2) is 7.68. The standard InChI is InChI=1S/C16H23NO3/c1-4-12(3)15(16(19)20)17-14(18)10-9-13-7-5-11(2)6-8-13/h5-8,12,15H,4,9-10H2,1-3H3,(H,17,18)(H,19,20). The number of nitrogens with one attached hydrogen (secondary N) is 1. The Morgan fingerprint density at radius 3 is 2.35 bits per heavy atom. The predicted molar refractivity (Wildman–Crippen MR) is 78.5 cm³/mol. The van der Waals surface area contributed by atoms with Crippen LogP contribution in [-0.2, 0) is 16.0 Å². The van der Waals surface area contributed by atoms with E-state index in [1.165, 1.54) is 5.56 Å². The second-order valence-corrected chi connectivity index (χ2v) is 5.25. The molecular weight excluding hydrogens is 254 g/mol. The molecule has 0 spiro atoms. The zero-order chi connectivity index (χ0) is 15.1. The molecule has 0 fully saturated rings. The van der Waals surface area contributed by atoms with E-state index < -0.39 is 12.0 Å². The highest BCUT2D eigenvalue weighted by atomic mass is 16.4. The topological polar surface area (TPSA) is 66.4 Å².